The first-order chi connectivity index (χ1) is 8.52. The van der Waals surface area contributed by atoms with Crippen molar-refractivity contribution in [2.45, 2.75) is 26.3 Å². The van der Waals surface area contributed by atoms with Crippen molar-refractivity contribution < 1.29 is 4.79 Å². The van der Waals surface area contributed by atoms with Crippen LogP contribution in [-0.4, -0.2) is 37.6 Å². The monoisotopic (exact) mass is 250 g/mol. The van der Waals surface area contributed by atoms with Gasteiger partial charge >= 0.3 is 0 Å². The molecule has 0 saturated carbocycles. The number of hydrogen-bond acceptors (Lipinski definition) is 4. The molecule has 100 valence electrons. The lowest BCUT2D eigenvalue weighted by Crippen LogP contribution is -2.33. The average molecular weight is 250 g/mol. The van der Waals surface area contributed by atoms with E-state index in [1.807, 2.05) is 31.1 Å². The van der Waals surface area contributed by atoms with E-state index in [4.69, 9.17) is 0 Å². The molecular weight excluding hydrogens is 228 g/mol. The van der Waals surface area contributed by atoms with Gasteiger partial charge in [0.1, 0.15) is 5.82 Å². The van der Waals surface area contributed by atoms with Gasteiger partial charge in [-0.05, 0) is 25.5 Å². The molecule has 0 aromatic carbocycles. The first kappa shape index (κ1) is 14.4. The summed E-state index contributed by atoms with van der Waals surface area (Å²) in [5.74, 6) is 0.820. The molecule has 1 aromatic heterocycles. The van der Waals surface area contributed by atoms with E-state index in [2.05, 4.69) is 29.5 Å². The smallest absolute Gasteiger partial charge is 0.238 e. The number of rotatable bonds is 6. The second-order valence-electron chi connectivity index (χ2n) is 4.54. The van der Waals surface area contributed by atoms with E-state index in [0.717, 1.165) is 17.9 Å². The molecule has 5 heteroatoms. The van der Waals surface area contributed by atoms with Gasteiger partial charge in [-0.3, -0.25) is 4.79 Å². The van der Waals surface area contributed by atoms with Crippen LogP contribution in [0.2, 0.25) is 0 Å². The van der Waals surface area contributed by atoms with Crippen LogP contribution in [0.25, 0.3) is 0 Å². The molecule has 1 atom stereocenters. The van der Waals surface area contributed by atoms with Crippen LogP contribution in [0.15, 0.2) is 18.3 Å². The quantitative estimate of drug-likeness (QED) is 0.803. The van der Waals surface area contributed by atoms with Gasteiger partial charge in [-0.2, -0.15) is 0 Å². The van der Waals surface area contributed by atoms with Crippen LogP contribution < -0.4 is 15.5 Å². The number of carbonyl (C=O) groups is 1. The summed E-state index contributed by atoms with van der Waals surface area (Å²) in [6.07, 6.45) is 2.67. The number of anilines is 2. The highest BCUT2D eigenvalue weighted by atomic mass is 16.1. The fraction of sp³-hybridized carbons (Fsp3) is 0.538. The van der Waals surface area contributed by atoms with E-state index in [1.165, 1.54) is 0 Å². The maximum absolute atomic E-state index is 11.6. The summed E-state index contributed by atoms with van der Waals surface area (Å²) in [7, 11) is 3.85. The predicted molar refractivity (Wildman–Crippen MR) is 74.9 cm³/mol. The fourth-order valence-electron chi connectivity index (χ4n) is 1.34. The minimum absolute atomic E-state index is 0.0466. The SMILES string of the molecule is CCC(C)NCC(=O)Nc1ccc(N(C)C)nc1. The van der Waals surface area contributed by atoms with Crippen molar-refractivity contribution in [3.05, 3.63) is 18.3 Å². The lowest BCUT2D eigenvalue weighted by molar-refractivity contribution is -0.115. The Bertz CT molecular complexity index is 375. The predicted octanol–water partition coefficient (Wildman–Crippen LogP) is 1.47. The molecule has 1 amide bonds. The molecular formula is C13H22N4O. The Morgan fingerprint density at radius 3 is 2.67 bits per heavy atom. The second-order valence-corrected chi connectivity index (χ2v) is 4.54. The molecule has 0 aliphatic rings. The summed E-state index contributed by atoms with van der Waals surface area (Å²) >= 11 is 0. The van der Waals surface area contributed by atoms with Gasteiger partial charge in [0.25, 0.3) is 0 Å². The first-order valence-electron chi connectivity index (χ1n) is 6.19. The summed E-state index contributed by atoms with van der Waals surface area (Å²) in [5, 5.41) is 5.95. The molecule has 1 aromatic rings. The van der Waals surface area contributed by atoms with Crippen LogP contribution in [0, 0.1) is 0 Å². The zero-order valence-corrected chi connectivity index (χ0v) is 11.5. The van der Waals surface area contributed by atoms with Gasteiger partial charge in [-0.25, -0.2) is 4.98 Å². The number of pyridine rings is 1. The number of hydrogen-bond donors (Lipinski definition) is 2. The normalized spacial score (nSPS) is 12.0. The van der Waals surface area contributed by atoms with E-state index in [0.29, 0.717) is 12.6 Å². The van der Waals surface area contributed by atoms with Crippen molar-refractivity contribution >= 4 is 17.4 Å². The molecule has 0 spiro atoms. The van der Waals surface area contributed by atoms with Crippen molar-refractivity contribution in [2.24, 2.45) is 0 Å². The number of aromatic nitrogens is 1. The second kappa shape index (κ2) is 6.96. The standard InChI is InChI=1S/C13H22N4O/c1-5-10(2)14-9-13(18)16-11-6-7-12(15-8-11)17(3)4/h6-8,10,14H,5,9H2,1-4H3,(H,16,18). The molecule has 5 nitrogen and oxygen atoms in total. The van der Waals surface area contributed by atoms with Gasteiger partial charge in [-0.15, -0.1) is 0 Å². The Balaban J connectivity index is 2.44. The van der Waals surface area contributed by atoms with Crippen LogP contribution in [0.1, 0.15) is 20.3 Å². The molecule has 0 saturated heterocycles. The molecule has 2 N–H and O–H groups in total. The molecule has 18 heavy (non-hydrogen) atoms. The van der Waals surface area contributed by atoms with Crippen LogP contribution in [0.3, 0.4) is 0 Å². The maximum Gasteiger partial charge on any atom is 0.238 e. The number of carbonyl (C=O) groups excluding carboxylic acids is 1. The van der Waals surface area contributed by atoms with Gasteiger partial charge in [-0.1, -0.05) is 6.92 Å². The van der Waals surface area contributed by atoms with Crippen LogP contribution >= 0.6 is 0 Å². The highest BCUT2D eigenvalue weighted by Crippen LogP contribution is 2.11. The van der Waals surface area contributed by atoms with E-state index >= 15 is 0 Å². The molecule has 1 rings (SSSR count). The van der Waals surface area contributed by atoms with Crippen molar-refractivity contribution in [3.8, 4) is 0 Å². The number of nitrogens with one attached hydrogen (secondary N) is 2. The highest BCUT2D eigenvalue weighted by Gasteiger charge is 2.05. The maximum atomic E-state index is 11.6. The Kier molecular flexibility index (Phi) is 5.58. The molecule has 0 bridgehead atoms. The highest BCUT2D eigenvalue weighted by molar-refractivity contribution is 5.92. The third-order valence-electron chi connectivity index (χ3n) is 2.71. The Hall–Kier alpha value is -1.62. The van der Waals surface area contributed by atoms with E-state index < -0.39 is 0 Å². The molecule has 0 aliphatic carbocycles. The largest absolute Gasteiger partial charge is 0.363 e. The molecule has 1 heterocycles. The van der Waals surface area contributed by atoms with Crippen molar-refractivity contribution in [1.29, 1.82) is 0 Å². The van der Waals surface area contributed by atoms with Crippen molar-refractivity contribution in [1.82, 2.24) is 10.3 Å². The van der Waals surface area contributed by atoms with Crippen LogP contribution in [0.5, 0.6) is 0 Å². The molecule has 0 fully saturated rings. The van der Waals surface area contributed by atoms with Crippen LogP contribution in [0.4, 0.5) is 11.5 Å². The Labute approximate surface area is 109 Å². The lowest BCUT2D eigenvalue weighted by atomic mass is 10.2. The average Bonchev–Trinajstić information content (AvgIpc) is 2.36. The van der Waals surface area contributed by atoms with Crippen molar-refractivity contribution in [3.63, 3.8) is 0 Å². The van der Waals surface area contributed by atoms with Gasteiger partial charge in [0.2, 0.25) is 5.91 Å². The number of amides is 1. The van der Waals surface area contributed by atoms with Gasteiger partial charge in [0.05, 0.1) is 18.4 Å². The minimum atomic E-state index is -0.0466. The summed E-state index contributed by atoms with van der Waals surface area (Å²) in [6, 6.07) is 4.08. The van der Waals surface area contributed by atoms with E-state index in [-0.39, 0.29) is 5.91 Å². The summed E-state index contributed by atoms with van der Waals surface area (Å²) in [4.78, 5) is 17.8. The summed E-state index contributed by atoms with van der Waals surface area (Å²) in [6.45, 7) is 4.46. The Morgan fingerprint density at radius 1 is 1.44 bits per heavy atom. The van der Waals surface area contributed by atoms with Gasteiger partial charge < -0.3 is 15.5 Å². The van der Waals surface area contributed by atoms with Gasteiger partial charge in [0, 0.05) is 20.1 Å². The number of nitrogens with zero attached hydrogens (tertiary/aromatic N) is 2. The molecule has 0 aliphatic heterocycles. The third-order valence-corrected chi connectivity index (χ3v) is 2.71. The summed E-state index contributed by atoms with van der Waals surface area (Å²) in [5.41, 5.74) is 0.719. The topological polar surface area (TPSA) is 57.3 Å². The minimum Gasteiger partial charge on any atom is -0.363 e. The first-order valence-corrected chi connectivity index (χ1v) is 6.19. The lowest BCUT2D eigenvalue weighted by Gasteiger charge is -2.13. The fourth-order valence-corrected chi connectivity index (χ4v) is 1.34. The van der Waals surface area contributed by atoms with E-state index in [1.54, 1.807) is 6.20 Å². The Morgan fingerprint density at radius 2 is 2.17 bits per heavy atom. The molecule has 1 unspecified atom stereocenters. The van der Waals surface area contributed by atoms with Crippen LogP contribution in [-0.2, 0) is 4.79 Å². The molecule has 0 radical (unpaired) electrons. The zero-order valence-electron chi connectivity index (χ0n) is 11.5. The third kappa shape index (κ3) is 4.71. The van der Waals surface area contributed by atoms with E-state index in [9.17, 15) is 4.79 Å². The zero-order chi connectivity index (χ0) is 13.5. The van der Waals surface area contributed by atoms with Crippen molar-refractivity contribution in [2.75, 3.05) is 30.9 Å². The summed E-state index contributed by atoms with van der Waals surface area (Å²) < 4.78 is 0. The van der Waals surface area contributed by atoms with Gasteiger partial charge in [0.15, 0.2) is 0 Å².